The minimum atomic E-state index is -0.492. The second-order valence-electron chi connectivity index (χ2n) is 9.50. The number of Topliss-reactive ketones (excluding diaryl/α,β-unsaturated/α-hetero) is 1. The van der Waals surface area contributed by atoms with Crippen molar-refractivity contribution in [3.63, 3.8) is 0 Å². The third-order valence-corrected chi connectivity index (χ3v) is 6.24. The molecule has 4 rings (SSSR count). The van der Waals surface area contributed by atoms with Crippen molar-refractivity contribution in [1.29, 1.82) is 0 Å². The zero-order chi connectivity index (χ0) is 24.3. The predicted molar refractivity (Wildman–Crippen MR) is 130 cm³/mol. The molecular weight excluding hydrogens is 430 g/mol. The lowest BCUT2D eigenvalue weighted by atomic mass is 9.68. The van der Waals surface area contributed by atoms with Crippen molar-refractivity contribution >= 4 is 11.8 Å². The summed E-state index contributed by atoms with van der Waals surface area (Å²) in [6.07, 6.45) is 1.18. The summed E-state index contributed by atoms with van der Waals surface area (Å²) in [5.74, 6) is 0.547. The zero-order valence-corrected chi connectivity index (χ0v) is 20.1. The molecule has 6 heteroatoms. The zero-order valence-electron chi connectivity index (χ0n) is 20.1. The molecule has 0 bridgehead atoms. The molecule has 0 spiro atoms. The van der Waals surface area contributed by atoms with E-state index in [1.165, 1.54) is 0 Å². The highest BCUT2D eigenvalue weighted by Gasteiger charge is 2.43. The summed E-state index contributed by atoms with van der Waals surface area (Å²) in [7, 11) is 1.61. The van der Waals surface area contributed by atoms with E-state index in [-0.39, 0.29) is 24.4 Å². The summed E-state index contributed by atoms with van der Waals surface area (Å²) >= 11 is 0. The van der Waals surface area contributed by atoms with Crippen LogP contribution in [0.2, 0.25) is 0 Å². The molecule has 1 aliphatic carbocycles. The van der Waals surface area contributed by atoms with E-state index in [9.17, 15) is 9.59 Å². The number of ketones is 1. The van der Waals surface area contributed by atoms with Crippen LogP contribution in [0.4, 0.5) is 0 Å². The van der Waals surface area contributed by atoms with Gasteiger partial charge in [0.15, 0.2) is 5.78 Å². The largest absolute Gasteiger partial charge is 0.497 e. The molecule has 0 amide bonds. The minimum absolute atomic E-state index is 0.0600. The Kier molecular flexibility index (Phi) is 6.77. The number of esters is 1. The Morgan fingerprint density at radius 2 is 1.71 bits per heavy atom. The number of carbonyl (C=O) groups excluding carboxylic acids is 2. The highest BCUT2D eigenvalue weighted by molar-refractivity contribution is 6.04. The van der Waals surface area contributed by atoms with E-state index in [2.05, 4.69) is 19.2 Å². The molecule has 0 saturated carbocycles. The van der Waals surface area contributed by atoms with Gasteiger partial charge in [-0.1, -0.05) is 44.2 Å². The molecule has 0 aromatic heterocycles. The first-order chi connectivity index (χ1) is 16.3. The third kappa shape index (κ3) is 5.01. The number of benzene rings is 2. The minimum Gasteiger partial charge on any atom is -0.497 e. The molecule has 0 saturated heterocycles. The van der Waals surface area contributed by atoms with Crippen molar-refractivity contribution in [3.8, 4) is 11.5 Å². The summed E-state index contributed by atoms with van der Waals surface area (Å²) in [6, 6.07) is 16.9. The fraction of sp³-hybridized carbons (Fsp3) is 0.357. The van der Waals surface area contributed by atoms with Crippen LogP contribution in [0.5, 0.6) is 11.5 Å². The van der Waals surface area contributed by atoms with Crippen LogP contribution in [0.1, 0.15) is 45.1 Å². The molecule has 34 heavy (non-hydrogen) atoms. The molecule has 6 nitrogen and oxygen atoms in total. The first-order valence-electron chi connectivity index (χ1n) is 11.5. The van der Waals surface area contributed by atoms with Crippen LogP contribution in [0, 0.1) is 5.41 Å². The Labute approximate surface area is 200 Å². The molecule has 0 radical (unpaired) electrons. The lowest BCUT2D eigenvalue weighted by Crippen LogP contribution is -2.38. The van der Waals surface area contributed by atoms with Gasteiger partial charge in [0.1, 0.15) is 24.7 Å². The Bertz CT molecular complexity index is 1130. The van der Waals surface area contributed by atoms with Crippen molar-refractivity contribution in [2.45, 2.75) is 39.5 Å². The standard InChI is InChI=1S/C28H31NO5/c1-18-24(27(31)34-15-14-33-21-8-6-5-7-9-21)25(19-10-12-20(32-4)13-11-19)26-22(29-18)16-28(2,3)17-23(26)30/h5-13,25,29H,14-17H2,1-4H3/t25-/m0/s1. The van der Waals surface area contributed by atoms with Crippen LogP contribution in [0.3, 0.4) is 0 Å². The topological polar surface area (TPSA) is 73.9 Å². The number of hydrogen-bond acceptors (Lipinski definition) is 6. The van der Waals surface area contributed by atoms with Gasteiger partial charge in [-0.3, -0.25) is 4.79 Å². The van der Waals surface area contributed by atoms with Gasteiger partial charge in [0, 0.05) is 29.3 Å². The van der Waals surface area contributed by atoms with Crippen molar-refractivity contribution in [2.24, 2.45) is 5.41 Å². The van der Waals surface area contributed by atoms with E-state index in [4.69, 9.17) is 14.2 Å². The summed E-state index contributed by atoms with van der Waals surface area (Å²) in [5.41, 5.74) is 3.43. The van der Waals surface area contributed by atoms with E-state index < -0.39 is 11.9 Å². The number of rotatable bonds is 7. The maximum absolute atomic E-state index is 13.3. The van der Waals surface area contributed by atoms with Crippen molar-refractivity contribution in [3.05, 3.63) is 82.7 Å². The quantitative estimate of drug-likeness (QED) is 0.466. The second-order valence-corrected chi connectivity index (χ2v) is 9.50. The van der Waals surface area contributed by atoms with Gasteiger partial charge in [-0.2, -0.15) is 0 Å². The molecule has 1 heterocycles. The Morgan fingerprint density at radius 1 is 1.00 bits per heavy atom. The van der Waals surface area contributed by atoms with Gasteiger partial charge in [0.2, 0.25) is 0 Å². The maximum Gasteiger partial charge on any atom is 0.336 e. The summed E-state index contributed by atoms with van der Waals surface area (Å²) in [5, 5.41) is 3.36. The molecule has 0 fully saturated rings. The number of carbonyl (C=O) groups is 2. The van der Waals surface area contributed by atoms with Crippen molar-refractivity contribution in [1.82, 2.24) is 5.32 Å². The fourth-order valence-electron chi connectivity index (χ4n) is 4.72. The normalized spacial score (nSPS) is 19.3. The monoisotopic (exact) mass is 461 g/mol. The predicted octanol–water partition coefficient (Wildman–Crippen LogP) is 4.92. The third-order valence-electron chi connectivity index (χ3n) is 6.24. The molecule has 2 aromatic carbocycles. The summed E-state index contributed by atoms with van der Waals surface area (Å²) < 4.78 is 16.6. The van der Waals surface area contributed by atoms with Gasteiger partial charge in [-0.25, -0.2) is 4.79 Å². The number of para-hydroxylation sites is 1. The van der Waals surface area contributed by atoms with Crippen LogP contribution < -0.4 is 14.8 Å². The molecule has 1 N–H and O–H groups in total. The van der Waals surface area contributed by atoms with Gasteiger partial charge in [-0.05, 0) is 48.6 Å². The van der Waals surface area contributed by atoms with Gasteiger partial charge in [0.05, 0.1) is 12.7 Å². The Morgan fingerprint density at radius 3 is 2.38 bits per heavy atom. The maximum atomic E-state index is 13.3. The molecule has 2 aliphatic rings. The van der Waals surface area contributed by atoms with Crippen LogP contribution >= 0.6 is 0 Å². The van der Waals surface area contributed by atoms with E-state index in [1.54, 1.807) is 7.11 Å². The van der Waals surface area contributed by atoms with Crippen molar-refractivity contribution < 1.29 is 23.8 Å². The smallest absolute Gasteiger partial charge is 0.336 e. The van der Waals surface area contributed by atoms with Gasteiger partial charge in [-0.15, -0.1) is 0 Å². The fourth-order valence-corrected chi connectivity index (χ4v) is 4.72. The van der Waals surface area contributed by atoms with Gasteiger partial charge in [0.25, 0.3) is 0 Å². The number of methoxy groups -OCH3 is 1. The van der Waals surface area contributed by atoms with E-state index >= 15 is 0 Å². The average molecular weight is 462 g/mol. The Hall–Kier alpha value is -3.54. The molecule has 2 aromatic rings. The number of nitrogens with one attached hydrogen (secondary N) is 1. The lowest BCUT2D eigenvalue weighted by Gasteiger charge is -2.39. The van der Waals surface area contributed by atoms with Crippen LogP contribution in [-0.2, 0) is 14.3 Å². The molecule has 1 atom stereocenters. The van der Waals surface area contributed by atoms with E-state index in [1.807, 2.05) is 61.5 Å². The summed E-state index contributed by atoms with van der Waals surface area (Å²) in [6.45, 7) is 6.39. The lowest BCUT2D eigenvalue weighted by molar-refractivity contribution is -0.140. The molecule has 0 unspecified atom stereocenters. The Balaban J connectivity index is 1.60. The molecule has 178 valence electrons. The first-order valence-corrected chi connectivity index (χ1v) is 11.5. The van der Waals surface area contributed by atoms with Crippen LogP contribution in [0.25, 0.3) is 0 Å². The van der Waals surface area contributed by atoms with Crippen LogP contribution in [0.15, 0.2) is 77.1 Å². The van der Waals surface area contributed by atoms with E-state index in [0.717, 1.165) is 23.4 Å². The number of ether oxygens (including phenoxy) is 3. The number of hydrogen-bond donors (Lipinski definition) is 1. The highest BCUT2D eigenvalue weighted by atomic mass is 16.6. The first kappa shape index (κ1) is 23.6. The molecular formula is C28H31NO5. The number of allylic oxidation sites excluding steroid dienone is 3. The van der Waals surface area contributed by atoms with Crippen LogP contribution in [-0.4, -0.2) is 32.1 Å². The van der Waals surface area contributed by atoms with Crippen molar-refractivity contribution in [2.75, 3.05) is 20.3 Å². The van der Waals surface area contributed by atoms with E-state index in [0.29, 0.717) is 29.0 Å². The number of dihydropyridines is 1. The average Bonchev–Trinajstić information content (AvgIpc) is 2.80. The second kappa shape index (κ2) is 9.75. The summed E-state index contributed by atoms with van der Waals surface area (Å²) in [4.78, 5) is 26.6. The highest BCUT2D eigenvalue weighted by Crippen LogP contribution is 2.46. The SMILES string of the molecule is COc1ccc([C@H]2C(C(=O)OCCOc3ccccc3)=C(C)NC3=C2C(=O)CC(C)(C)C3)cc1. The molecule has 1 aliphatic heterocycles. The van der Waals surface area contributed by atoms with Gasteiger partial charge >= 0.3 is 5.97 Å². The van der Waals surface area contributed by atoms with Gasteiger partial charge < -0.3 is 19.5 Å².